The van der Waals surface area contributed by atoms with Crippen molar-refractivity contribution in [2.45, 2.75) is 6.92 Å². The van der Waals surface area contributed by atoms with Gasteiger partial charge in [-0.15, -0.1) is 0 Å². The van der Waals surface area contributed by atoms with Crippen molar-refractivity contribution in [1.29, 1.82) is 0 Å². The number of hydrogen-bond donors (Lipinski definition) is 3. The standard InChI is InChI=1S/C13H12N4O3/c1-8(9-2-4-10(18)5-3-9)16-17-13(20)11-6-14-7-15-12(11)19/h2-7,18H,1H3,(H,17,20)(H,14,15,19). The van der Waals surface area contributed by atoms with Gasteiger partial charge in [0.05, 0.1) is 12.0 Å². The van der Waals surface area contributed by atoms with E-state index in [0.29, 0.717) is 5.71 Å². The maximum atomic E-state index is 11.7. The van der Waals surface area contributed by atoms with Crippen LogP contribution in [0.3, 0.4) is 0 Å². The predicted octanol–water partition coefficient (Wildman–Crippen LogP) is 0.629. The number of hydrazone groups is 1. The van der Waals surface area contributed by atoms with Crippen molar-refractivity contribution in [2.75, 3.05) is 0 Å². The molecule has 2 rings (SSSR count). The molecule has 7 nitrogen and oxygen atoms in total. The Morgan fingerprint density at radius 2 is 2.05 bits per heavy atom. The van der Waals surface area contributed by atoms with Gasteiger partial charge in [-0.05, 0) is 36.8 Å². The number of hydrogen-bond acceptors (Lipinski definition) is 5. The smallest absolute Gasteiger partial charge is 0.278 e. The Balaban J connectivity index is 2.13. The molecule has 2 aromatic rings. The summed E-state index contributed by atoms with van der Waals surface area (Å²) < 4.78 is 0. The maximum absolute atomic E-state index is 11.7. The molecular formula is C13H12N4O3. The second kappa shape index (κ2) is 5.79. The summed E-state index contributed by atoms with van der Waals surface area (Å²) in [5.41, 5.74) is 2.91. The normalized spacial score (nSPS) is 11.2. The van der Waals surface area contributed by atoms with E-state index < -0.39 is 11.5 Å². The molecule has 3 N–H and O–H groups in total. The van der Waals surface area contributed by atoms with Gasteiger partial charge in [-0.3, -0.25) is 9.59 Å². The lowest BCUT2D eigenvalue weighted by atomic mass is 10.1. The van der Waals surface area contributed by atoms with E-state index in [2.05, 4.69) is 20.5 Å². The third-order valence-corrected chi connectivity index (χ3v) is 2.57. The number of amides is 1. The van der Waals surface area contributed by atoms with Gasteiger partial charge in [0.15, 0.2) is 0 Å². The van der Waals surface area contributed by atoms with Crippen molar-refractivity contribution < 1.29 is 9.90 Å². The lowest BCUT2D eigenvalue weighted by molar-refractivity contribution is 0.0953. The van der Waals surface area contributed by atoms with E-state index in [1.807, 2.05) is 0 Å². The van der Waals surface area contributed by atoms with Gasteiger partial charge in [0.25, 0.3) is 11.5 Å². The number of H-pyrrole nitrogens is 1. The van der Waals surface area contributed by atoms with Gasteiger partial charge >= 0.3 is 0 Å². The van der Waals surface area contributed by atoms with Crippen LogP contribution in [0, 0.1) is 0 Å². The summed E-state index contributed by atoms with van der Waals surface area (Å²) in [5.74, 6) is -0.495. The fourth-order valence-corrected chi connectivity index (χ4v) is 1.47. The third-order valence-electron chi connectivity index (χ3n) is 2.57. The zero-order chi connectivity index (χ0) is 14.5. The number of phenols is 1. The summed E-state index contributed by atoms with van der Waals surface area (Å²) in [4.78, 5) is 29.1. The largest absolute Gasteiger partial charge is 0.508 e. The Bertz CT molecular complexity index is 704. The number of aromatic amines is 1. The van der Waals surface area contributed by atoms with Crippen molar-refractivity contribution in [3.05, 3.63) is 58.3 Å². The lowest BCUT2D eigenvalue weighted by Crippen LogP contribution is -2.27. The molecular weight excluding hydrogens is 260 g/mol. The van der Waals surface area contributed by atoms with Crippen molar-refractivity contribution in [3.8, 4) is 5.75 Å². The van der Waals surface area contributed by atoms with Crippen LogP contribution in [0.25, 0.3) is 0 Å². The van der Waals surface area contributed by atoms with Crippen LogP contribution in [0.1, 0.15) is 22.8 Å². The minimum absolute atomic E-state index is 0.116. The molecule has 0 saturated carbocycles. The number of phenolic OH excluding ortho intramolecular Hbond substituents is 1. The minimum Gasteiger partial charge on any atom is -0.508 e. The molecule has 0 fully saturated rings. The molecule has 0 aliphatic rings. The number of nitrogens with zero attached hydrogens (tertiary/aromatic N) is 2. The Kier molecular flexibility index (Phi) is 3.90. The number of carbonyl (C=O) groups is 1. The second-order valence-corrected chi connectivity index (χ2v) is 3.98. The summed E-state index contributed by atoms with van der Waals surface area (Å²) in [7, 11) is 0. The third kappa shape index (κ3) is 3.08. The van der Waals surface area contributed by atoms with Crippen molar-refractivity contribution >= 4 is 11.6 Å². The van der Waals surface area contributed by atoms with E-state index in [9.17, 15) is 14.7 Å². The first-order chi connectivity index (χ1) is 9.58. The number of aromatic nitrogens is 2. The highest BCUT2D eigenvalue weighted by Gasteiger charge is 2.09. The first-order valence-corrected chi connectivity index (χ1v) is 5.74. The van der Waals surface area contributed by atoms with Gasteiger partial charge < -0.3 is 10.1 Å². The average Bonchev–Trinajstić information content (AvgIpc) is 2.45. The number of aromatic hydroxyl groups is 1. The monoisotopic (exact) mass is 272 g/mol. The number of rotatable bonds is 3. The molecule has 0 aliphatic carbocycles. The van der Waals surface area contributed by atoms with E-state index >= 15 is 0 Å². The van der Waals surface area contributed by atoms with E-state index in [1.165, 1.54) is 24.7 Å². The van der Waals surface area contributed by atoms with Crippen molar-refractivity contribution in [1.82, 2.24) is 15.4 Å². The van der Waals surface area contributed by atoms with Gasteiger partial charge in [0.2, 0.25) is 0 Å². The fraction of sp³-hybridized carbons (Fsp3) is 0.0769. The Labute approximate surface area is 114 Å². The van der Waals surface area contributed by atoms with Gasteiger partial charge in [-0.25, -0.2) is 10.4 Å². The van der Waals surface area contributed by atoms with Crippen LogP contribution in [0.5, 0.6) is 5.75 Å². The van der Waals surface area contributed by atoms with E-state index in [-0.39, 0.29) is 11.3 Å². The molecule has 0 aliphatic heterocycles. The maximum Gasteiger partial charge on any atom is 0.278 e. The molecule has 0 unspecified atom stereocenters. The zero-order valence-corrected chi connectivity index (χ0v) is 10.6. The average molecular weight is 272 g/mol. The summed E-state index contributed by atoms with van der Waals surface area (Å²) in [5, 5.41) is 13.1. The van der Waals surface area contributed by atoms with Crippen LogP contribution < -0.4 is 11.0 Å². The number of nitrogens with one attached hydrogen (secondary N) is 2. The van der Waals surface area contributed by atoms with E-state index in [4.69, 9.17) is 0 Å². The molecule has 1 aromatic carbocycles. The molecule has 0 bridgehead atoms. The minimum atomic E-state index is -0.641. The molecule has 0 saturated heterocycles. The highest BCUT2D eigenvalue weighted by atomic mass is 16.3. The molecule has 0 spiro atoms. The summed E-state index contributed by atoms with van der Waals surface area (Å²) in [6.07, 6.45) is 2.36. The van der Waals surface area contributed by atoms with Crippen LogP contribution in [-0.2, 0) is 0 Å². The van der Waals surface area contributed by atoms with Crippen LogP contribution >= 0.6 is 0 Å². The summed E-state index contributed by atoms with van der Waals surface area (Å²) >= 11 is 0. The Morgan fingerprint density at radius 1 is 1.35 bits per heavy atom. The summed E-state index contributed by atoms with van der Waals surface area (Å²) in [6, 6.07) is 6.36. The highest BCUT2D eigenvalue weighted by Crippen LogP contribution is 2.10. The summed E-state index contributed by atoms with van der Waals surface area (Å²) in [6.45, 7) is 1.69. The number of carbonyl (C=O) groups excluding carboxylic acids is 1. The zero-order valence-electron chi connectivity index (χ0n) is 10.6. The predicted molar refractivity (Wildman–Crippen MR) is 72.6 cm³/mol. The molecule has 1 amide bonds. The lowest BCUT2D eigenvalue weighted by Gasteiger charge is -2.02. The molecule has 7 heteroatoms. The highest BCUT2D eigenvalue weighted by molar-refractivity contribution is 6.00. The Hall–Kier alpha value is -2.96. The van der Waals surface area contributed by atoms with Crippen molar-refractivity contribution in [3.63, 3.8) is 0 Å². The van der Waals surface area contributed by atoms with Gasteiger partial charge in [0.1, 0.15) is 11.3 Å². The van der Waals surface area contributed by atoms with Gasteiger partial charge in [0, 0.05) is 6.20 Å². The number of benzene rings is 1. The molecule has 20 heavy (non-hydrogen) atoms. The SMILES string of the molecule is CC(=NNC(=O)c1cnc[nH]c1=O)c1ccc(O)cc1. The van der Waals surface area contributed by atoms with Crippen LogP contribution in [0.2, 0.25) is 0 Å². The first kappa shape index (κ1) is 13.5. The second-order valence-electron chi connectivity index (χ2n) is 3.98. The van der Waals surface area contributed by atoms with Crippen LogP contribution in [0.15, 0.2) is 46.7 Å². The first-order valence-electron chi connectivity index (χ1n) is 5.74. The van der Waals surface area contributed by atoms with Crippen LogP contribution in [0.4, 0.5) is 0 Å². The topological polar surface area (TPSA) is 107 Å². The molecule has 1 heterocycles. The molecule has 1 aromatic heterocycles. The van der Waals surface area contributed by atoms with E-state index in [0.717, 1.165) is 5.56 Å². The molecule has 0 atom stereocenters. The van der Waals surface area contributed by atoms with E-state index in [1.54, 1.807) is 19.1 Å². The quantitative estimate of drug-likeness (QED) is 0.562. The fourth-order valence-electron chi connectivity index (χ4n) is 1.47. The molecule has 0 radical (unpaired) electrons. The van der Waals surface area contributed by atoms with Crippen molar-refractivity contribution in [2.24, 2.45) is 5.10 Å². The van der Waals surface area contributed by atoms with Crippen LogP contribution in [-0.4, -0.2) is 26.7 Å². The van der Waals surface area contributed by atoms with Gasteiger partial charge in [-0.2, -0.15) is 5.10 Å². The van der Waals surface area contributed by atoms with Gasteiger partial charge in [-0.1, -0.05) is 0 Å². The Morgan fingerprint density at radius 3 is 2.70 bits per heavy atom. The molecule has 102 valence electrons.